The van der Waals surface area contributed by atoms with Gasteiger partial charge in [0.2, 0.25) is 5.91 Å². The van der Waals surface area contributed by atoms with Crippen molar-refractivity contribution in [1.29, 1.82) is 0 Å². The summed E-state index contributed by atoms with van der Waals surface area (Å²) in [6.45, 7) is 2.50. The zero-order chi connectivity index (χ0) is 21.0. The third-order valence-corrected chi connectivity index (χ3v) is 5.73. The van der Waals surface area contributed by atoms with Crippen LogP contribution in [0.5, 0.6) is 0 Å². The summed E-state index contributed by atoms with van der Waals surface area (Å²) in [6, 6.07) is 28.0. The monoisotopic (exact) mass is 399 g/mol. The summed E-state index contributed by atoms with van der Waals surface area (Å²) in [5.41, 5.74) is 3.71. The molecule has 2 amide bonds. The Morgan fingerprint density at radius 2 is 1.47 bits per heavy atom. The lowest BCUT2D eigenvalue weighted by atomic mass is 9.82. The van der Waals surface area contributed by atoms with Gasteiger partial charge in [-0.25, -0.2) is 9.69 Å². The number of benzene rings is 3. The van der Waals surface area contributed by atoms with Gasteiger partial charge in [-0.15, -0.1) is 0 Å². The van der Waals surface area contributed by atoms with Crippen LogP contribution in [0.1, 0.15) is 24.5 Å². The maximum absolute atomic E-state index is 13.0. The Bertz CT molecular complexity index is 1020. The molecule has 1 heterocycles. The second-order valence-corrected chi connectivity index (χ2v) is 8.05. The van der Waals surface area contributed by atoms with Gasteiger partial charge < -0.3 is 4.74 Å². The zero-order valence-electron chi connectivity index (χ0n) is 17.1. The normalized spacial score (nSPS) is 18.4. The summed E-state index contributed by atoms with van der Waals surface area (Å²) in [7, 11) is 0. The first kappa shape index (κ1) is 19.9. The molecule has 30 heavy (non-hydrogen) atoms. The van der Waals surface area contributed by atoms with Crippen molar-refractivity contribution >= 4 is 12.0 Å². The van der Waals surface area contributed by atoms with Crippen LogP contribution < -0.4 is 0 Å². The molecular formula is C26H25NO3. The summed E-state index contributed by atoms with van der Waals surface area (Å²) in [4.78, 5) is 26.7. The van der Waals surface area contributed by atoms with Crippen molar-refractivity contribution in [3.63, 3.8) is 0 Å². The van der Waals surface area contributed by atoms with E-state index in [1.165, 1.54) is 10.5 Å². The van der Waals surface area contributed by atoms with Crippen molar-refractivity contribution in [2.45, 2.75) is 26.4 Å². The number of rotatable bonds is 5. The van der Waals surface area contributed by atoms with Crippen molar-refractivity contribution < 1.29 is 14.3 Å². The second-order valence-electron chi connectivity index (χ2n) is 8.05. The predicted molar refractivity (Wildman–Crippen MR) is 117 cm³/mol. The van der Waals surface area contributed by atoms with Crippen LogP contribution >= 0.6 is 0 Å². The molecular weight excluding hydrogens is 374 g/mol. The molecule has 0 bridgehead atoms. The molecule has 1 aliphatic heterocycles. The van der Waals surface area contributed by atoms with Crippen LogP contribution in [0.3, 0.4) is 0 Å². The number of amides is 2. The smallest absolute Gasteiger partial charge is 0.416 e. The highest BCUT2D eigenvalue weighted by Crippen LogP contribution is 2.36. The van der Waals surface area contributed by atoms with Gasteiger partial charge in [0.05, 0.1) is 5.41 Å². The van der Waals surface area contributed by atoms with E-state index in [9.17, 15) is 9.59 Å². The van der Waals surface area contributed by atoms with E-state index in [1.807, 2.05) is 55.5 Å². The Balaban J connectivity index is 1.39. The fourth-order valence-corrected chi connectivity index (χ4v) is 3.92. The number of nitrogens with zero attached hydrogens (tertiary/aromatic N) is 1. The van der Waals surface area contributed by atoms with Crippen molar-refractivity contribution in [2.24, 2.45) is 5.41 Å². The van der Waals surface area contributed by atoms with E-state index >= 15 is 0 Å². The molecule has 4 nitrogen and oxygen atoms in total. The molecule has 4 heteroatoms. The van der Waals surface area contributed by atoms with Crippen molar-refractivity contribution in [3.05, 3.63) is 96.1 Å². The number of ether oxygens (including phenoxy) is 1. The predicted octanol–water partition coefficient (Wildman–Crippen LogP) is 5.47. The first-order valence-electron chi connectivity index (χ1n) is 10.2. The highest BCUT2D eigenvalue weighted by Gasteiger charge is 2.45. The quantitative estimate of drug-likeness (QED) is 0.571. The number of imide groups is 1. The van der Waals surface area contributed by atoms with Crippen LogP contribution in [0.15, 0.2) is 84.9 Å². The first-order valence-corrected chi connectivity index (χ1v) is 10.2. The van der Waals surface area contributed by atoms with E-state index in [0.717, 1.165) is 16.7 Å². The molecule has 0 saturated carbocycles. The van der Waals surface area contributed by atoms with Gasteiger partial charge in [0.1, 0.15) is 6.61 Å². The molecule has 0 radical (unpaired) electrons. The van der Waals surface area contributed by atoms with Gasteiger partial charge in [0, 0.05) is 6.54 Å². The van der Waals surface area contributed by atoms with Gasteiger partial charge in [-0.2, -0.15) is 0 Å². The zero-order valence-corrected chi connectivity index (χ0v) is 17.1. The fourth-order valence-electron chi connectivity index (χ4n) is 3.92. The van der Waals surface area contributed by atoms with Crippen molar-refractivity contribution in [3.8, 4) is 11.1 Å². The minimum Gasteiger partial charge on any atom is -0.444 e. The number of hydrogen-bond donors (Lipinski definition) is 0. The third-order valence-electron chi connectivity index (χ3n) is 5.73. The Morgan fingerprint density at radius 1 is 0.867 bits per heavy atom. The molecule has 0 aromatic heterocycles. The SMILES string of the molecule is CC1(Cc2ccc(-c3ccccc3)cc2)CCN(C(=O)OCc2ccccc2)C1=O. The van der Waals surface area contributed by atoms with E-state index < -0.39 is 11.5 Å². The minimum atomic E-state index is -0.597. The van der Waals surface area contributed by atoms with Gasteiger partial charge in [0.15, 0.2) is 0 Å². The van der Waals surface area contributed by atoms with E-state index in [4.69, 9.17) is 4.74 Å². The topological polar surface area (TPSA) is 46.6 Å². The highest BCUT2D eigenvalue weighted by atomic mass is 16.6. The molecule has 0 aliphatic carbocycles. The maximum atomic E-state index is 13.0. The Morgan fingerprint density at radius 3 is 2.13 bits per heavy atom. The lowest BCUT2D eigenvalue weighted by molar-refractivity contribution is -0.133. The molecule has 4 rings (SSSR count). The minimum absolute atomic E-state index is 0.160. The van der Waals surface area contributed by atoms with Gasteiger partial charge in [0.25, 0.3) is 0 Å². The lowest BCUT2D eigenvalue weighted by Crippen LogP contribution is -2.38. The standard InChI is InChI=1S/C26H25NO3/c1-26(18-20-12-14-23(15-13-20)22-10-6-3-7-11-22)16-17-27(24(26)28)25(29)30-19-21-8-4-2-5-9-21/h2-15H,16-19H2,1H3. The molecule has 1 aliphatic rings. The second kappa shape index (κ2) is 8.54. The molecule has 1 unspecified atom stereocenters. The van der Waals surface area contributed by atoms with Gasteiger partial charge in [-0.3, -0.25) is 4.79 Å². The first-order chi connectivity index (χ1) is 14.5. The highest BCUT2D eigenvalue weighted by molar-refractivity contribution is 5.97. The number of carbonyl (C=O) groups is 2. The van der Waals surface area contributed by atoms with Crippen LogP contribution in [0.2, 0.25) is 0 Å². The molecule has 1 atom stereocenters. The average molecular weight is 399 g/mol. The molecule has 0 N–H and O–H groups in total. The molecule has 1 saturated heterocycles. The summed E-state index contributed by atoms with van der Waals surface area (Å²) in [6.07, 6.45) is 0.669. The molecule has 3 aromatic carbocycles. The van der Waals surface area contributed by atoms with E-state index in [1.54, 1.807) is 0 Å². The Hall–Kier alpha value is -3.40. The molecule has 3 aromatic rings. The summed E-state index contributed by atoms with van der Waals surface area (Å²) in [5.74, 6) is -0.160. The number of hydrogen-bond acceptors (Lipinski definition) is 3. The van der Waals surface area contributed by atoms with Gasteiger partial charge in [-0.1, -0.05) is 91.9 Å². The van der Waals surface area contributed by atoms with Crippen LogP contribution in [0, 0.1) is 5.41 Å². The van der Waals surface area contributed by atoms with Crippen LogP contribution in [0.4, 0.5) is 4.79 Å². The van der Waals surface area contributed by atoms with Crippen molar-refractivity contribution in [1.82, 2.24) is 4.90 Å². The average Bonchev–Trinajstić information content (AvgIpc) is 3.08. The van der Waals surface area contributed by atoms with Crippen LogP contribution in [-0.4, -0.2) is 23.4 Å². The van der Waals surface area contributed by atoms with E-state index in [-0.39, 0.29) is 12.5 Å². The van der Waals surface area contributed by atoms with Gasteiger partial charge in [-0.05, 0) is 35.1 Å². The molecule has 1 fully saturated rings. The summed E-state index contributed by atoms with van der Waals surface area (Å²) >= 11 is 0. The third kappa shape index (κ3) is 4.28. The number of carbonyl (C=O) groups excluding carboxylic acids is 2. The van der Waals surface area contributed by atoms with E-state index in [0.29, 0.717) is 19.4 Å². The molecule has 152 valence electrons. The fraction of sp³-hybridized carbons (Fsp3) is 0.231. The van der Waals surface area contributed by atoms with Crippen molar-refractivity contribution in [2.75, 3.05) is 6.54 Å². The summed E-state index contributed by atoms with van der Waals surface area (Å²) < 4.78 is 5.36. The number of likely N-dealkylation sites (tertiary alicyclic amines) is 1. The molecule has 0 spiro atoms. The van der Waals surface area contributed by atoms with Gasteiger partial charge >= 0.3 is 6.09 Å². The Labute approximate surface area is 177 Å². The van der Waals surface area contributed by atoms with Crippen LogP contribution in [0.25, 0.3) is 11.1 Å². The Kier molecular flexibility index (Phi) is 5.66. The summed E-state index contributed by atoms with van der Waals surface area (Å²) in [5, 5.41) is 0. The maximum Gasteiger partial charge on any atom is 0.416 e. The van der Waals surface area contributed by atoms with E-state index in [2.05, 4.69) is 36.4 Å². The van der Waals surface area contributed by atoms with Crippen LogP contribution in [-0.2, 0) is 22.6 Å². The largest absolute Gasteiger partial charge is 0.444 e. The lowest BCUT2D eigenvalue weighted by Gasteiger charge is -2.22.